The number of alkyl halides is 3. The third kappa shape index (κ3) is 9.51. The molecule has 0 spiro atoms. The van der Waals surface area contributed by atoms with Crippen molar-refractivity contribution in [1.29, 1.82) is 0 Å². The predicted molar refractivity (Wildman–Crippen MR) is 155 cm³/mol. The van der Waals surface area contributed by atoms with E-state index in [4.69, 9.17) is 4.99 Å². The molecule has 2 unspecified atom stereocenters. The highest BCUT2D eigenvalue weighted by Gasteiger charge is 2.45. The Morgan fingerprint density at radius 2 is 1.71 bits per heavy atom. The van der Waals surface area contributed by atoms with Crippen LogP contribution in [0.5, 0.6) is 0 Å². The van der Waals surface area contributed by atoms with Crippen molar-refractivity contribution in [3.05, 3.63) is 64.7 Å². The third-order valence-electron chi connectivity index (χ3n) is 7.19. The van der Waals surface area contributed by atoms with Gasteiger partial charge in [0, 0.05) is 12.3 Å². The quantitative estimate of drug-likeness (QED) is 0.377. The molecule has 0 radical (unpaired) electrons. The molecular weight excluding hydrogens is 485 g/mol. The molecule has 2 heterocycles. The van der Waals surface area contributed by atoms with Crippen LogP contribution < -0.4 is 10.6 Å². The highest BCUT2D eigenvalue weighted by atomic mass is 19.4. The molecule has 0 aliphatic carbocycles. The molecule has 1 saturated heterocycles. The first-order chi connectivity index (χ1) is 18.2. The van der Waals surface area contributed by atoms with Crippen LogP contribution in [0.25, 0.3) is 0 Å². The molecule has 0 bridgehead atoms. The summed E-state index contributed by atoms with van der Waals surface area (Å²) in [6, 6.07) is 14.4. The molecule has 1 fully saturated rings. The van der Waals surface area contributed by atoms with E-state index in [1.807, 2.05) is 32.8 Å². The molecule has 0 aromatic heterocycles. The molecule has 4 nitrogen and oxygen atoms in total. The molecule has 2 aromatic rings. The summed E-state index contributed by atoms with van der Waals surface area (Å²) in [5, 5.41) is 5.55. The lowest BCUT2D eigenvalue weighted by molar-refractivity contribution is -0.165. The number of aliphatic imine (C=N–C) groups is 1. The standard InChI is InChI=1S/C21H26N2.C8H15F3N2.C2H6/c1-3-16-6-9-19-12-13-20(23-21(19)15-16)18-10-7-17(8-11-18)5-4-14-22-2;1-12-7(8(9,10)11)6-3-4-13(2)5-6;1-2/h6-11,15,22H,3-5,12-14H2,1-2H3;6-7,12H,3-5H2,1-2H3;1-2H3. The van der Waals surface area contributed by atoms with E-state index in [9.17, 15) is 13.2 Å². The maximum atomic E-state index is 12.4. The van der Waals surface area contributed by atoms with Crippen LogP contribution in [0.2, 0.25) is 0 Å². The first-order valence-corrected chi connectivity index (χ1v) is 14.1. The first-order valence-electron chi connectivity index (χ1n) is 14.1. The van der Waals surface area contributed by atoms with Gasteiger partial charge in [-0.3, -0.25) is 4.99 Å². The van der Waals surface area contributed by atoms with Crippen LogP contribution in [0.15, 0.2) is 47.5 Å². The molecule has 7 heteroatoms. The summed E-state index contributed by atoms with van der Waals surface area (Å²) >= 11 is 0. The molecule has 2 aliphatic rings. The Morgan fingerprint density at radius 1 is 1.03 bits per heavy atom. The SMILES string of the molecule is CC.CCc1ccc2c(c1)N=C(c1ccc(CCCNC)cc1)CC2.CNC(C1CCN(C)C1)C(F)(F)F. The highest BCUT2D eigenvalue weighted by molar-refractivity contribution is 6.03. The van der Waals surface area contributed by atoms with Crippen molar-refractivity contribution in [3.63, 3.8) is 0 Å². The Bertz CT molecular complexity index is 986. The second kappa shape index (κ2) is 16.0. The van der Waals surface area contributed by atoms with E-state index >= 15 is 0 Å². The van der Waals surface area contributed by atoms with Gasteiger partial charge in [0.15, 0.2) is 0 Å². The Balaban J connectivity index is 0.000000288. The van der Waals surface area contributed by atoms with Gasteiger partial charge < -0.3 is 15.5 Å². The smallest absolute Gasteiger partial charge is 0.320 e. The van der Waals surface area contributed by atoms with E-state index in [0.717, 1.165) is 38.8 Å². The molecule has 2 aromatic carbocycles. The van der Waals surface area contributed by atoms with E-state index < -0.39 is 12.2 Å². The number of nitrogens with zero attached hydrogens (tertiary/aromatic N) is 2. The molecule has 38 heavy (non-hydrogen) atoms. The zero-order valence-corrected chi connectivity index (χ0v) is 24.1. The number of hydrogen-bond donors (Lipinski definition) is 2. The van der Waals surface area contributed by atoms with Crippen LogP contribution in [0.1, 0.15) is 62.3 Å². The number of rotatable bonds is 8. The van der Waals surface area contributed by atoms with Crippen LogP contribution >= 0.6 is 0 Å². The summed E-state index contributed by atoms with van der Waals surface area (Å²) in [4.78, 5) is 6.87. The molecule has 4 rings (SSSR count). The van der Waals surface area contributed by atoms with E-state index in [0.29, 0.717) is 13.0 Å². The van der Waals surface area contributed by atoms with Gasteiger partial charge in [-0.15, -0.1) is 0 Å². The molecule has 2 aliphatic heterocycles. The maximum Gasteiger partial charge on any atom is 0.404 e. The zero-order chi connectivity index (χ0) is 28.1. The van der Waals surface area contributed by atoms with Crippen LogP contribution in [-0.4, -0.2) is 63.6 Å². The van der Waals surface area contributed by atoms with Crippen molar-refractivity contribution in [2.45, 2.75) is 71.5 Å². The van der Waals surface area contributed by atoms with Crippen molar-refractivity contribution in [3.8, 4) is 0 Å². The summed E-state index contributed by atoms with van der Waals surface area (Å²) in [5.41, 5.74) is 7.84. The Labute approximate surface area is 228 Å². The lowest BCUT2D eigenvalue weighted by Crippen LogP contribution is -2.46. The fraction of sp³-hybridized carbons (Fsp3) is 0.581. The van der Waals surface area contributed by atoms with Gasteiger partial charge in [-0.25, -0.2) is 0 Å². The Kier molecular flexibility index (Phi) is 13.5. The predicted octanol–water partition coefficient (Wildman–Crippen LogP) is 6.58. The van der Waals surface area contributed by atoms with Crippen LogP contribution in [0.3, 0.4) is 0 Å². The van der Waals surface area contributed by atoms with E-state index in [1.54, 1.807) is 0 Å². The second-order valence-corrected chi connectivity index (χ2v) is 9.90. The largest absolute Gasteiger partial charge is 0.404 e. The fourth-order valence-electron chi connectivity index (χ4n) is 5.05. The minimum Gasteiger partial charge on any atom is -0.320 e. The van der Waals surface area contributed by atoms with Gasteiger partial charge in [0.25, 0.3) is 0 Å². The molecule has 0 saturated carbocycles. The minimum absolute atomic E-state index is 0.296. The Morgan fingerprint density at radius 3 is 2.26 bits per heavy atom. The van der Waals surface area contributed by atoms with Crippen molar-refractivity contribution in [1.82, 2.24) is 15.5 Å². The maximum absolute atomic E-state index is 12.4. The van der Waals surface area contributed by atoms with E-state index in [1.165, 1.54) is 47.1 Å². The summed E-state index contributed by atoms with van der Waals surface area (Å²) in [5.74, 6) is -0.296. The number of fused-ring (bicyclic) bond motifs is 1. The summed E-state index contributed by atoms with van der Waals surface area (Å²) in [7, 11) is 5.23. The number of hydrogen-bond acceptors (Lipinski definition) is 4. The van der Waals surface area contributed by atoms with Gasteiger partial charge in [-0.1, -0.05) is 57.2 Å². The lowest BCUT2D eigenvalue weighted by Gasteiger charge is -2.25. The average molecular weight is 533 g/mol. The second-order valence-electron chi connectivity index (χ2n) is 9.90. The van der Waals surface area contributed by atoms with E-state index in [-0.39, 0.29) is 5.92 Å². The number of aryl methyl sites for hydroxylation is 3. The van der Waals surface area contributed by atoms with Gasteiger partial charge in [0.1, 0.15) is 6.04 Å². The number of halogens is 3. The summed E-state index contributed by atoms with van der Waals surface area (Å²) in [6.07, 6.45) is 2.03. The average Bonchev–Trinajstić information content (AvgIpc) is 3.35. The number of likely N-dealkylation sites (tertiary alicyclic amines) is 1. The van der Waals surface area contributed by atoms with E-state index in [2.05, 4.69) is 60.0 Å². The van der Waals surface area contributed by atoms with Gasteiger partial charge in [-0.2, -0.15) is 13.2 Å². The normalized spacial score (nSPS) is 17.9. The summed E-state index contributed by atoms with van der Waals surface area (Å²) < 4.78 is 37.3. The third-order valence-corrected chi connectivity index (χ3v) is 7.19. The number of nitrogens with one attached hydrogen (secondary N) is 2. The number of benzene rings is 2. The van der Waals surface area contributed by atoms with Gasteiger partial charge >= 0.3 is 6.18 Å². The van der Waals surface area contributed by atoms with Crippen molar-refractivity contribution in [2.75, 3.05) is 40.8 Å². The van der Waals surface area contributed by atoms with Crippen LogP contribution in [-0.2, 0) is 19.3 Å². The minimum atomic E-state index is -4.12. The van der Waals surface area contributed by atoms with Gasteiger partial charge in [0.05, 0.1) is 5.69 Å². The van der Waals surface area contributed by atoms with Gasteiger partial charge in [-0.05, 0) is 107 Å². The highest BCUT2D eigenvalue weighted by Crippen LogP contribution is 2.31. The fourth-order valence-corrected chi connectivity index (χ4v) is 5.05. The zero-order valence-electron chi connectivity index (χ0n) is 24.1. The lowest BCUT2D eigenvalue weighted by atomic mass is 9.95. The summed E-state index contributed by atoms with van der Waals surface area (Å²) in [6.45, 7) is 8.57. The molecule has 2 N–H and O–H groups in total. The van der Waals surface area contributed by atoms with Gasteiger partial charge in [0.2, 0.25) is 0 Å². The van der Waals surface area contributed by atoms with Crippen molar-refractivity contribution < 1.29 is 13.2 Å². The van der Waals surface area contributed by atoms with Crippen LogP contribution in [0, 0.1) is 5.92 Å². The van der Waals surface area contributed by atoms with Crippen LogP contribution in [0.4, 0.5) is 18.9 Å². The molecule has 2 atom stereocenters. The first kappa shape index (κ1) is 32.0. The molecule has 0 amide bonds. The molecular formula is C31H47F3N4. The molecule has 212 valence electrons. The van der Waals surface area contributed by atoms with Crippen molar-refractivity contribution in [2.24, 2.45) is 10.9 Å². The monoisotopic (exact) mass is 532 g/mol. The topological polar surface area (TPSA) is 39.7 Å². The van der Waals surface area contributed by atoms with Crippen molar-refractivity contribution >= 4 is 11.4 Å². The Hall–Kier alpha value is -2.22.